The number of anilines is 1. The van der Waals surface area contributed by atoms with Crippen molar-refractivity contribution in [2.24, 2.45) is 0 Å². The Morgan fingerprint density at radius 2 is 1.89 bits per heavy atom. The summed E-state index contributed by atoms with van der Waals surface area (Å²) in [5, 5.41) is 3.47. The minimum Gasteiger partial charge on any atom is -0.371 e. The molecule has 0 unspecified atom stereocenters. The average molecular weight is 249 g/mol. The van der Waals surface area contributed by atoms with Crippen LogP contribution >= 0.6 is 0 Å². The third-order valence-corrected chi connectivity index (χ3v) is 2.91. The van der Waals surface area contributed by atoms with Gasteiger partial charge in [-0.3, -0.25) is 4.98 Å². The summed E-state index contributed by atoms with van der Waals surface area (Å²) < 4.78 is 0. The van der Waals surface area contributed by atoms with E-state index in [-0.39, 0.29) is 0 Å². The first-order chi connectivity index (χ1) is 8.69. The molecule has 0 radical (unpaired) electrons. The second-order valence-corrected chi connectivity index (χ2v) is 5.03. The Bertz CT molecular complexity index is 330. The van der Waals surface area contributed by atoms with Gasteiger partial charge in [-0.05, 0) is 18.9 Å². The first kappa shape index (κ1) is 15.0. The highest BCUT2D eigenvalue weighted by Gasteiger charge is 2.10. The van der Waals surface area contributed by atoms with Crippen LogP contribution in [0, 0.1) is 0 Å². The molecule has 0 saturated carbocycles. The van der Waals surface area contributed by atoms with Gasteiger partial charge in [0.1, 0.15) is 0 Å². The van der Waals surface area contributed by atoms with Crippen LogP contribution in [0.1, 0.15) is 46.1 Å². The topological polar surface area (TPSA) is 28.2 Å². The van der Waals surface area contributed by atoms with Crippen molar-refractivity contribution in [3.8, 4) is 0 Å². The zero-order valence-corrected chi connectivity index (χ0v) is 12.2. The van der Waals surface area contributed by atoms with Gasteiger partial charge in [-0.15, -0.1) is 0 Å². The van der Waals surface area contributed by atoms with Gasteiger partial charge in [0.25, 0.3) is 0 Å². The second kappa shape index (κ2) is 8.09. The van der Waals surface area contributed by atoms with Crippen LogP contribution in [0.4, 0.5) is 5.69 Å². The highest BCUT2D eigenvalue weighted by Crippen LogP contribution is 2.20. The first-order valence-electron chi connectivity index (χ1n) is 7.10. The van der Waals surface area contributed by atoms with E-state index in [9.17, 15) is 0 Å². The molecule has 0 aliphatic rings. The van der Waals surface area contributed by atoms with Crippen LogP contribution in [0.2, 0.25) is 0 Å². The standard InChI is InChI=1S/C15H27N3/c1-5-9-18(10-6-2)15-7-8-16-11-14(15)12-17-13(3)4/h7-8,11,13,17H,5-6,9-10,12H2,1-4H3. The van der Waals surface area contributed by atoms with Crippen LogP contribution in [0.5, 0.6) is 0 Å². The highest BCUT2D eigenvalue weighted by molar-refractivity contribution is 5.52. The normalized spacial score (nSPS) is 10.9. The Balaban J connectivity index is 2.83. The Hall–Kier alpha value is -1.09. The van der Waals surface area contributed by atoms with Crippen molar-refractivity contribution in [2.45, 2.75) is 53.1 Å². The van der Waals surface area contributed by atoms with Crippen LogP contribution in [0.3, 0.4) is 0 Å². The maximum atomic E-state index is 4.26. The van der Waals surface area contributed by atoms with Crippen molar-refractivity contribution in [1.29, 1.82) is 0 Å². The maximum absolute atomic E-state index is 4.26. The predicted octanol–water partition coefficient (Wildman–Crippen LogP) is 3.21. The molecule has 0 atom stereocenters. The summed E-state index contributed by atoms with van der Waals surface area (Å²) in [6, 6.07) is 2.65. The zero-order chi connectivity index (χ0) is 13.4. The zero-order valence-electron chi connectivity index (χ0n) is 12.2. The van der Waals surface area contributed by atoms with Gasteiger partial charge in [0.05, 0.1) is 0 Å². The number of nitrogens with one attached hydrogen (secondary N) is 1. The lowest BCUT2D eigenvalue weighted by atomic mass is 10.2. The fourth-order valence-corrected chi connectivity index (χ4v) is 2.07. The molecule has 3 heteroatoms. The van der Waals surface area contributed by atoms with Gasteiger partial charge in [-0.1, -0.05) is 27.7 Å². The van der Waals surface area contributed by atoms with Gasteiger partial charge >= 0.3 is 0 Å². The summed E-state index contributed by atoms with van der Waals surface area (Å²) in [6.45, 7) is 11.9. The molecule has 0 amide bonds. The molecule has 1 N–H and O–H groups in total. The van der Waals surface area contributed by atoms with Crippen molar-refractivity contribution in [3.05, 3.63) is 24.0 Å². The van der Waals surface area contributed by atoms with Crippen molar-refractivity contribution in [3.63, 3.8) is 0 Å². The van der Waals surface area contributed by atoms with E-state index in [1.54, 1.807) is 0 Å². The van der Waals surface area contributed by atoms with Crippen LogP contribution in [-0.4, -0.2) is 24.1 Å². The monoisotopic (exact) mass is 249 g/mol. The molecule has 1 rings (SSSR count). The maximum Gasteiger partial charge on any atom is 0.0442 e. The molecule has 18 heavy (non-hydrogen) atoms. The van der Waals surface area contributed by atoms with E-state index < -0.39 is 0 Å². The summed E-state index contributed by atoms with van der Waals surface area (Å²) in [6.07, 6.45) is 6.24. The van der Waals surface area contributed by atoms with Crippen LogP contribution in [0.25, 0.3) is 0 Å². The summed E-state index contributed by atoms with van der Waals surface area (Å²) >= 11 is 0. The Morgan fingerprint density at radius 1 is 1.22 bits per heavy atom. The molecule has 0 spiro atoms. The Morgan fingerprint density at radius 3 is 2.44 bits per heavy atom. The summed E-state index contributed by atoms with van der Waals surface area (Å²) in [7, 11) is 0. The summed E-state index contributed by atoms with van der Waals surface area (Å²) in [5.41, 5.74) is 2.63. The van der Waals surface area contributed by atoms with E-state index in [0.29, 0.717) is 6.04 Å². The number of hydrogen-bond acceptors (Lipinski definition) is 3. The third-order valence-electron chi connectivity index (χ3n) is 2.91. The molecule has 0 aromatic carbocycles. The van der Waals surface area contributed by atoms with E-state index in [0.717, 1.165) is 19.6 Å². The number of hydrogen-bond donors (Lipinski definition) is 1. The molecule has 0 aliphatic carbocycles. The summed E-state index contributed by atoms with van der Waals surface area (Å²) in [5.74, 6) is 0. The van der Waals surface area contributed by atoms with Gasteiger partial charge in [0, 0.05) is 49.3 Å². The van der Waals surface area contributed by atoms with Crippen molar-refractivity contribution >= 4 is 5.69 Å². The molecule has 0 aliphatic heterocycles. The average Bonchev–Trinajstić information content (AvgIpc) is 2.36. The predicted molar refractivity (Wildman–Crippen MR) is 79.0 cm³/mol. The number of aromatic nitrogens is 1. The molecule has 102 valence electrons. The van der Waals surface area contributed by atoms with Crippen molar-refractivity contribution in [1.82, 2.24) is 10.3 Å². The Kier molecular flexibility index (Phi) is 6.73. The smallest absolute Gasteiger partial charge is 0.0442 e. The summed E-state index contributed by atoms with van der Waals surface area (Å²) in [4.78, 5) is 6.73. The van der Waals surface area contributed by atoms with E-state index in [1.165, 1.54) is 24.1 Å². The lowest BCUT2D eigenvalue weighted by molar-refractivity contribution is 0.586. The van der Waals surface area contributed by atoms with Crippen LogP contribution < -0.4 is 10.2 Å². The number of pyridine rings is 1. The number of rotatable bonds is 8. The molecule has 0 saturated heterocycles. The Labute approximate surface area is 112 Å². The van der Waals surface area contributed by atoms with Gasteiger partial charge in [-0.25, -0.2) is 0 Å². The molecule has 1 aromatic rings. The van der Waals surface area contributed by atoms with Crippen LogP contribution in [0.15, 0.2) is 18.5 Å². The SMILES string of the molecule is CCCN(CCC)c1ccncc1CNC(C)C. The molecule has 0 bridgehead atoms. The van der Waals surface area contributed by atoms with Crippen LogP contribution in [-0.2, 0) is 6.54 Å². The lowest BCUT2D eigenvalue weighted by Crippen LogP contribution is -2.28. The third kappa shape index (κ3) is 4.65. The van der Waals surface area contributed by atoms with Crippen molar-refractivity contribution < 1.29 is 0 Å². The molecule has 0 fully saturated rings. The van der Waals surface area contributed by atoms with E-state index >= 15 is 0 Å². The van der Waals surface area contributed by atoms with Gasteiger partial charge < -0.3 is 10.2 Å². The lowest BCUT2D eigenvalue weighted by Gasteiger charge is -2.26. The van der Waals surface area contributed by atoms with E-state index in [1.807, 2.05) is 12.4 Å². The first-order valence-corrected chi connectivity index (χ1v) is 7.10. The van der Waals surface area contributed by atoms with Crippen molar-refractivity contribution in [2.75, 3.05) is 18.0 Å². The van der Waals surface area contributed by atoms with Gasteiger partial charge in [0.2, 0.25) is 0 Å². The molecule has 1 aromatic heterocycles. The van der Waals surface area contributed by atoms with E-state index in [2.05, 4.69) is 49.0 Å². The molecule has 3 nitrogen and oxygen atoms in total. The number of nitrogens with zero attached hydrogens (tertiary/aromatic N) is 2. The molecule has 1 heterocycles. The highest BCUT2D eigenvalue weighted by atomic mass is 15.1. The largest absolute Gasteiger partial charge is 0.371 e. The molecular weight excluding hydrogens is 222 g/mol. The van der Waals surface area contributed by atoms with Gasteiger partial charge in [0.15, 0.2) is 0 Å². The fraction of sp³-hybridized carbons (Fsp3) is 0.667. The second-order valence-electron chi connectivity index (χ2n) is 5.03. The minimum atomic E-state index is 0.504. The van der Waals surface area contributed by atoms with Gasteiger partial charge in [-0.2, -0.15) is 0 Å². The minimum absolute atomic E-state index is 0.504. The fourth-order valence-electron chi connectivity index (χ4n) is 2.07. The van der Waals surface area contributed by atoms with E-state index in [4.69, 9.17) is 0 Å². The molecular formula is C15H27N3. The quantitative estimate of drug-likeness (QED) is 0.767.